The molecule has 2 rings (SSSR count). The van der Waals surface area contributed by atoms with Crippen molar-refractivity contribution >= 4 is 5.82 Å². The number of rotatable bonds is 1. The average Bonchev–Trinajstić information content (AvgIpc) is 2.48. The molecule has 1 aromatic carbocycles. The molecule has 0 fully saturated rings. The second kappa shape index (κ2) is 2.82. The topological polar surface area (TPSA) is 69.9 Å². The van der Waals surface area contributed by atoms with E-state index in [1.54, 1.807) is 0 Å². The summed E-state index contributed by atoms with van der Waals surface area (Å²) in [7, 11) is 0. The molecule has 2 aromatic rings. The Bertz CT molecular complexity index is 385. The highest BCUT2D eigenvalue weighted by Gasteiger charge is 2.07. The quantitative estimate of drug-likeness (QED) is 0.629. The van der Waals surface area contributed by atoms with Crippen molar-refractivity contribution in [3.05, 3.63) is 36.7 Å². The average molecular weight is 174 g/mol. The zero-order valence-electron chi connectivity index (χ0n) is 7.01. The van der Waals surface area contributed by atoms with Gasteiger partial charge >= 0.3 is 0 Å². The molecule has 4 nitrogen and oxygen atoms in total. The van der Waals surface area contributed by atoms with Gasteiger partial charge in [-0.3, -0.25) is 0 Å². The number of imidazole rings is 1. The Morgan fingerprint density at radius 1 is 1.15 bits per heavy atom. The zero-order valence-corrected chi connectivity index (χ0v) is 7.01. The highest BCUT2D eigenvalue weighted by Crippen LogP contribution is 2.22. The smallest absolute Gasteiger partial charge is 0.151 e. The summed E-state index contributed by atoms with van der Waals surface area (Å²) < 4.78 is 1.42. The third-order valence-corrected chi connectivity index (χ3v) is 1.87. The Hall–Kier alpha value is -1.97. The third kappa shape index (κ3) is 1.22. The molecule has 0 spiro atoms. The number of hydrogen-bond donors (Lipinski definition) is 2. The fourth-order valence-electron chi connectivity index (χ4n) is 1.27. The van der Waals surface area contributed by atoms with Crippen molar-refractivity contribution in [2.45, 2.75) is 0 Å². The number of nitrogens with zero attached hydrogens (tertiary/aromatic N) is 2. The standard InChI is InChI=1S/C9H10N4/c10-9-8(13(11)6-12-9)7-4-2-1-3-5-7/h1-6H,10-11H2. The van der Waals surface area contributed by atoms with Gasteiger partial charge in [-0.1, -0.05) is 30.3 Å². The van der Waals surface area contributed by atoms with E-state index in [0.29, 0.717) is 5.82 Å². The highest BCUT2D eigenvalue weighted by atomic mass is 15.3. The van der Waals surface area contributed by atoms with Crippen molar-refractivity contribution in [1.29, 1.82) is 0 Å². The minimum absolute atomic E-state index is 0.453. The van der Waals surface area contributed by atoms with Gasteiger partial charge in [0.2, 0.25) is 0 Å². The summed E-state index contributed by atoms with van der Waals surface area (Å²) in [5.41, 5.74) is 7.38. The summed E-state index contributed by atoms with van der Waals surface area (Å²) in [4.78, 5) is 3.91. The van der Waals surface area contributed by atoms with Crippen molar-refractivity contribution in [1.82, 2.24) is 9.66 Å². The molecule has 0 unspecified atom stereocenters. The predicted octanol–water partition coefficient (Wildman–Crippen LogP) is 0.846. The van der Waals surface area contributed by atoms with Crippen LogP contribution in [0, 0.1) is 0 Å². The van der Waals surface area contributed by atoms with Gasteiger partial charge in [-0.25, -0.2) is 9.66 Å². The Labute approximate surface area is 75.8 Å². The number of anilines is 1. The molecular weight excluding hydrogens is 164 g/mol. The monoisotopic (exact) mass is 174 g/mol. The summed E-state index contributed by atoms with van der Waals surface area (Å²) in [5, 5.41) is 0. The van der Waals surface area contributed by atoms with Crippen LogP contribution in [0.15, 0.2) is 36.7 Å². The van der Waals surface area contributed by atoms with E-state index < -0.39 is 0 Å². The van der Waals surface area contributed by atoms with Crippen LogP contribution >= 0.6 is 0 Å². The Morgan fingerprint density at radius 3 is 2.38 bits per heavy atom. The van der Waals surface area contributed by atoms with Crippen LogP contribution in [0.2, 0.25) is 0 Å². The maximum absolute atomic E-state index is 5.66. The summed E-state index contributed by atoms with van der Waals surface area (Å²) in [6.07, 6.45) is 1.50. The Kier molecular flexibility index (Phi) is 1.66. The molecule has 13 heavy (non-hydrogen) atoms. The molecule has 0 atom stereocenters. The van der Waals surface area contributed by atoms with Crippen molar-refractivity contribution in [3.8, 4) is 11.3 Å². The lowest BCUT2D eigenvalue weighted by molar-refractivity contribution is 1.01. The maximum atomic E-state index is 5.66. The summed E-state index contributed by atoms with van der Waals surface area (Å²) in [6, 6.07) is 9.69. The van der Waals surface area contributed by atoms with Crippen molar-refractivity contribution in [2.24, 2.45) is 0 Å². The lowest BCUT2D eigenvalue weighted by Gasteiger charge is -2.02. The maximum Gasteiger partial charge on any atom is 0.151 e. The number of benzene rings is 1. The molecule has 0 radical (unpaired) electrons. The first-order chi connectivity index (χ1) is 6.29. The SMILES string of the molecule is Nc1ncn(N)c1-c1ccccc1. The van der Waals surface area contributed by atoms with Gasteiger partial charge in [0.1, 0.15) is 12.0 Å². The first kappa shape index (κ1) is 7.67. The van der Waals surface area contributed by atoms with E-state index in [0.717, 1.165) is 11.3 Å². The molecule has 4 heteroatoms. The van der Waals surface area contributed by atoms with Gasteiger partial charge in [0.05, 0.1) is 0 Å². The molecule has 4 N–H and O–H groups in total. The van der Waals surface area contributed by atoms with Gasteiger partial charge in [-0.15, -0.1) is 0 Å². The molecule has 0 bridgehead atoms. The molecule has 0 saturated carbocycles. The van der Waals surface area contributed by atoms with Crippen molar-refractivity contribution < 1.29 is 0 Å². The molecule has 1 heterocycles. The van der Waals surface area contributed by atoms with Crippen LogP contribution in [-0.4, -0.2) is 9.66 Å². The number of aromatic nitrogens is 2. The molecule has 0 saturated heterocycles. The van der Waals surface area contributed by atoms with Gasteiger partial charge in [0.25, 0.3) is 0 Å². The van der Waals surface area contributed by atoms with Gasteiger partial charge in [0, 0.05) is 5.56 Å². The normalized spacial score (nSPS) is 10.2. The largest absolute Gasteiger partial charge is 0.382 e. The molecular formula is C9H10N4. The lowest BCUT2D eigenvalue weighted by Crippen LogP contribution is -2.08. The molecule has 0 amide bonds. The molecule has 66 valence electrons. The molecule has 0 aliphatic carbocycles. The fraction of sp³-hybridized carbons (Fsp3) is 0. The highest BCUT2D eigenvalue weighted by molar-refractivity contribution is 5.70. The first-order valence-electron chi connectivity index (χ1n) is 3.92. The van der Waals surface area contributed by atoms with E-state index in [1.165, 1.54) is 11.0 Å². The van der Waals surface area contributed by atoms with Crippen LogP contribution in [0.4, 0.5) is 5.82 Å². The fourth-order valence-corrected chi connectivity index (χ4v) is 1.27. The first-order valence-corrected chi connectivity index (χ1v) is 3.92. The Morgan fingerprint density at radius 2 is 1.85 bits per heavy atom. The van der Waals surface area contributed by atoms with Crippen LogP contribution in [-0.2, 0) is 0 Å². The van der Waals surface area contributed by atoms with E-state index in [-0.39, 0.29) is 0 Å². The van der Waals surface area contributed by atoms with E-state index in [4.69, 9.17) is 11.6 Å². The second-order valence-corrected chi connectivity index (χ2v) is 2.75. The van der Waals surface area contributed by atoms with Crippen LogP contribution in [0.5, 0.6) is 0 Å². The van der Waals surface area contributed by atoms with Crippen LogP contribution in [0.3, 0.4) is 0 Å². The second-order valence-electron chi connectivity index (χ2n) is 2.75. The number of hydrogen-bond acceptors (Lipinski definition) is 3. The number of nitrogens with two attached hydrogens (primary N) is 2. The lowest BCUT2D eigenvalue weighted by atomic mass is 10.1. The minimum atomic E-state index is 0.453. The van der Waals surface area contributed by atoms with Gasteiger partial charge in [0.15, 0.2) is 5.82 Å². The number of nitrogen functional groups attached to an aromatic ring is 2. The predicted molar refractivity (Wildman–Crippen MR) is 52.2 cm³/mol. The zero-order chi connectivity index (χ0) is 9.26. The molecule has 1 aromatic heterocycles. The van der Waals surface area contributed by atoms with Crippen LogP contribution in [0.25, 0.3) is 11.3 Å². The molecule has 0 aliphatic heterocycles. The van der Waals surface area contributed by atoms with Gasteiger partial charge in [-0.05, 0) is 0 Å². The van der Waals surface area contributed by atoms with E-state index >= 15 is 0 Å². The third-order valence-electron chi connectivity index (χ3n) is 1.87. The summed E-state index contributed by atoms with van der Waals surface area (Å²) >= 11 is 0. The van der Waals surface area contributed by atoms with Crippen LogP contribution < -0.4 is 11.6 Å². The minimum Gasteiger partial charge on any atom is -0.382 e. The molecule has 0 aliphatic rings. The van der Waals surface area contributed by atoms with Crippen molar-refractivity contribution in [3.63, 3.8) is 0 Å². The van der Waals surface area contributed by atoms with Gasteiger partial charge in [-0.2, -0.15) is 0 Å². The van der Waals surface area contributed by atoms with Crippen molar-refractivity contribution in [2.75, 3.05) is 11.6 Å². The summed E-state index contributed by atoms with van der Waals surface area (Å²) in [5.74, 6) is 6.10. The van der Waals surface area contributed by atoms with Crippen LogP contribution in [0.1, 0.15) is 0 Å². The van der Waals surface area contributed by atoms with E-state index in [9.17, 15) is 0 Å². The van der Waals surface area contributed by atoms with Gasteiger partial charge < -0.3 is 11.6 Å². The Balaban J connectivity index is 2.59. The van der Waals surface area contributed by atoms with E-state index in [2.05, 4.69) is 4.98 Å². The summed E-state index contributed by atoms with van der Waals surface area (Å²) in [6.45, 7) is 0. The van der Waals surface area contributed by atoms with E-state index in [1.807, 2.05) is 30.3 Å².